The first kappa shape index (κ1) is 18.7. The number of nitrogens with zero attached hydrogens (tertiary/aromatic N) is 2. The van der Waals surface area contributed by atoms with Crippen molar-refractivity contribution >= 4 is 20.9 Å². The van der Waals surface area contributed by atoms with E-state index < -0.39 is 21.8 Å². The van der Waals surface area contributed by atoms with Crippen molar-refractivity contribution in [3.8, 4) is 0 Å². The molecule has 0 aliphatic carbocycles. The van der Waals surface area contributed by atoms with E-state index in [0.29, 0.717) is 11.9 Å². The fourth-order valence-corrected chi connectivity index (χ4v) is 6.45. The molecular formula is C21H19F3N2O2S. The fraction of sp³-hybridized carbons (Fsp3) is 0.333. The Hall–Kier alpha value is -2.32. The maximum absolute atomic E-state index is 13.5. The SMILES string of the molecule is CN1C2CCC1c1c(n(S(=O)(=O)c3ccc(C(F)(F)F)cc3)c3ccccc13)C2. The second kappa shape index (κ2) is 6.09. The molecule has 2 aliphatic heterocycles. The van der Waals surface area contributed by atoms with Crippen LogP contribution in [0.5, 0.6) is 0 Å². The van der Waals surface area contributed by atoms with Crippen molar-refractivity contribution in [1.82, 2.24) is 8.87 Å². The monoisotopic (exact) mass is 420 g/mol. The number of para-hydroxylation sites is 1. The summed E-state index contributed by atoms with van der Waals surface area (Å²) in [5, 5.41) is 0.898. The average Bonchev–Trinajstić information content (AvgIpc) is 3.12. The van der Waals surface area contributed by atoms with Crippen LogP contribution in [0.1, 0.15) is 35.7 Å². The molecule has 0 amide bonds. The number of hydrogen-bond donors (Lipinski definition) is 0. The average molecular weight is 420 g/mol. The second-order valence-corrected chi connectivity index (χ2v) is 9.57. The van der Waals surface area contributed by atoms with E-state index in [4.69, 9.17) is 0 Å². The lowest BCUT2D eigenvalue weighted by Crippen LogP contribution is -2.35. The number of likely N-dealkylation sites (N-methyl/N-ethyl adjacent to an activating group) is 1. The smallest absolute Gasteiger partial charge is 0.296 e. The van der Waals surface area contributed by atoms with Crippen LogP contribution in [-0.4, -0.2) is 30.4 Å². The van der Waals surface area contributed by atoms with Crippen molar-refractivity contribution in [2.24, 2.45) is 0 Å². The van der Waals surface area contributed by atoms with E-state index in [1.807, 2.05) is 12.1 Å². The lowest BCUT2D eigenvalue weighted by Gasteiger charge is -2.32. The summed E-state index contributed by atoms with van der Waals surface area (Å²) in [6.45, 7) is 0. The molecule has 3 aromatic rings. The van der Waals surface area contributed by atoms with E-state index in [-0.39, 0.29) is 17.0 Å². The van der Waals surface area contributed by atoms with Gasteiger partial charge in [0.05, 0.1) is 16.0 Å². The highest BCUT2D eigenvalue weighted by Crippen LogP contribution is 2.47. The first-order valence-corrected chi connectivity index (χ1v) is 10.9. The molecule has 2 aromatic carbocycles. The molecule has 0 spiro atoms. The molecule has 2 atom stereocenters. The van der Waals surface area contributed by atoms with Crippen LogP contribution in [0.3, 0.4) is 0 Å². The van der Waals surface area contributed by atoms with E-state index in [2.05, 4.69) is 11.9 Å². The number of aromatic nitrogens is 1. The van der Waals surface area contributed by atoms with Crippen molar-refractivity contribution in [2.45, 2.75) is 42.4 Å². The van der Waals surface area contributed by atoms with E-state index in [1.165, 1.54) is 3.97 Å². The van der Waals surface area contributed by atoms with Crippen molar-refractivity contribution in [2.75, 3.05) is 7.05 Å². The molecule has 2 unspecified atom stereocenters. The Balaban J connectivity index is 1.73. The number of alkyl halides is 3. The summed E-state index contributed by atoms with van der Waals surface area (Å²) in [4.78, 5) is 2.17. The van der Waals surface area contributed by atoms with Gasteiger partial charge in [-0.25, -0.2) is 12.4 Å². The van der Waals surface area contributed by atoms with Crippen LogP contribution in [0.25, 0.3) is 10.9 Å². The standard InChI is InChI=1S/C21H19F3N2O2S/c1-25-14-8-11-18(25)20-16-4-2-3-5-17(16)26(19(20)12-14)29(27,28)15-9-6-13(7-10-15)21(22,23)24/h2-7,9-10,14,18H,8,11-12H2,1H3. The van der Waals surface area contributed by atoms with Gasteiger partial charge in [-0.1, -0.05) is 18.2 Å². The molecule has 3 heterocycles. The first-order valence-electron chi connectivity index (χ1n) is 9.46. The van der Waals surface area contributed by atoms with Crippen LogP contribution >= 0.6 is 0 Å². The van der Waals surface area contributed by atoms with Crippen molar-refractivity contribution < 1.29 is 21.6 Å². The molecule has 2 aliphatic rings. The van der Waals surface area contributed by atoms with Crippen molar-refractivity contribution in [1.29, 1.82) is 0 Å². The van der Waals surface area contributed by atoms with Gasteiger partial charge in [-0.2, -0.15) is 13.2 Å². The van der Waals surface area contributed by atoms with Crippen molar-refractivity contribution in [3.63, 3.8) is 0 Å². The summed E-state index contributed by atoms with van der Waals surface area (Å²) in [5.41, 5.74) is 1.51. The van der Waals surface area contributed by atoms with Gasteiger partial charge in [-0.3, -0.25) is 4.90 Å². The van der Waals surface area contributed by atoms with Gasteiger partial charge in [0, 0.05) is 29.6 Å². The van der Waals surface area contributed by atoms with Crippen LogP contribution in [0.2, 0.25) is 0 Å². The van der Waals surface area contributed by atoms with Crippen LogP contribution in [0.15, 0.2) is 53.4 Å². The molecule has 4 nitrogen and oxygen atoms in total. The van der Waals surface area contributed by atoms with Gasteiger partial charge in [0.15, 0.2) is 0 Å². The zero-order valence-electron chi connectivity index (χ0n) is 15.6. The molecule has 2 bridgehead atoms. The zero-order valence-corrected chi connectivity index (χ0v) is 16.5. The quantitative estimate of drug-likeness (QED) is 0.609. The molecule has 0 radical (unpaired) electrons. The molecule has 0 saturated carbocycles. The molecule has 5 rings (SSSR count). The van der Waals surface area contributed by atoms with E-state index in [9.17, 15) is 21.6 Å². The van der Waals surface area contributed by atoms with Gasteiger partial charge in [0.2, 0.25) is 0 Å². The largest absolute Gasteiger partial charge is 0.416 e. The topological polar surface area (TPSA) is 42.3 Å². The third kappa shape index (κ3) is 2.65. The van der Waals surface area contributed by atoms with Gasteiger partial charge in [-0.05, 0) is 55.8 Å². The lowest BCUT2D eigenvalue weighted by molar-refractivity contribution is -0.137. The molecule has 29 heavy (non-hydrogen) atoms. The molecule has 1 aromatic heterocycles. The number of hydrogen-bond acceptors (Lipinski definition) is 3. The van der Waals surface area contributed by atoms with Crippen molar-refractivity contribution in [3.05, 3.63) is 65.4 Å². The number of benzene rings is 2. The van der Waals surface area contributed by atoms with Gasteiger partial charge in [0.1, 0.15) is 0 Å². The molecule has 152 valence electrons. The van der Waals surface area contributed by atoms with Gasteiger partial charge in [0.25, 0.3) is 10.0 Å². The summed E-state index contributed by atoms with van der Waals surface area (Å²) < 4.78 is 67.1. The molecule has 1 saturated heterocycles. The third-order valence-electron chi connectivity index (χ3n) is 6.29. The van der Waals surface area contributed by atoms with Crippen LogP contribution in [0, 0.1) is 0 Å². The highest BCUT2D eigenvalue weighted by molar-refractivity contribution is 7.90. The Labute approximate surface area is 166 Å². The Morgan fingerprint density at radius 1 is 1.00 bits per heavy atom. The minimum Gasteiger partial charge on any atom is -0.296 e. The minimum absolute atomic E-state index is 0.139. The van der Waals surface area contributed by atoms with E-state index >= 15 is 0 Å². The summed E-state index contributed by atoms with van der Waals surface area (Å²) in [5.74, 6) is 0. The predicted molar refractivity (Wildman–Crippen MR) is 103 cm³/mol. The minimum atomic E-state index is -4.51. The Bertz CT molecular complexity index is 1210. The number of fused-ring (bicyclic) bond motifs is 6. The highest BCUT2D eigenvalue weighted by atomic mass is 32.2. The molecule has 0 N–H and O–H groups in total. The van der Waals surface area contributed by atoms with E-state index in [1.54, 1.807) is 12.1 Å². The van der Waals surface area contributed by atoms with Gasteiger partial charge in [-0.15, -0.1) is 0 Å². The Kier molecular flexibility index (Phi) is 3.93. The maximum Gasteiger partial charge on any atom is 0.416 e. The first-order chi connectivity index (χ1) is 13.7. The Morgan fingerprint density at radius 3 is 2.38 bits per heavy atom. The second-order valence-electron chi connectivity index (χ2n) is 7.79. The highest BCUT2D eigenvalue weighted by Gasteiger charge is 2.42. The summed E-state index contributed by atoms with van der Waals surface area (Å²) in [7, 11) is -1.96. The lowest BCUT2D eigenvalue weighted by atomic mass is 9.98. The molecule has 1 fully saturated rings. The van der Waals surface area contributed by atoms with Crippen LogP contribution in [0.4, 0.5) is 13.2 Å². The number of rotatable bonds is 2. The van der Waals surface area contributed by atoms with Gasteiger partial charge < -0.3 is 0 Å². The van der Waals surface area contributed by atoms with Crippen LogP contribution in [-0.2, 0) is 22.6 Å². The van der Waals surface area contributed by atoms with E-state index in [0.717, 1.165) is 53.8 Å². The zero-order chi connectivity index (χ0) is 20.6. The predicted octanol–water partition coefficient (Wildman–Crippen LogP) is 4.59. The third-order valence-corrected chi connectivity index (χ3v) is 8.06. The summed E-state index contributed by atoms with van der Waals surface area (Å²) >= 11 is 0. The summed E-state index contributed by atoms with van der Waals surface area (Å²) in [6.07, 6.45) is -1.92. The fourth-order valence-electron chi connectivity index (χ4n) is 4.88. The number of halogens is 3. The van der Waals surface area contributed by atoms with Gasteiger partial charge >= 0.3 is 6.18 Å². The van der Waals surface area contributed by atoms with Crippen LogP contribution < -0.4 is 0 Å². The Morgan fingerprint density at radius 2 is 1.69 bits per heavy atom. The normalized spacial score (nSPS) is 22.2. The molecule has 8 heteroatoms. The molecular weight excluding hydrogens is 401 g/mol. The maximum atomic E-state index is 13.5. The summed E-state index contributed by atoms with van der Waals surface area (Å²) in [6, 6.07) is 11.5.